The van der Waals surface area contributed by atoms with Crippen molar-refractivity contribution in [3.63, 3.8) is 0 Å². The summed E-state index contributed by atoms with van der Waals surface area (Å²) in [6.45, 7) is 19.2. The Morgan fingerprint density at radius 1 is 0.639 bits per heavy atom. The molecule has 0 amide bonds. The molecule has 3 atom stereocenters. The molecule has 4 saturated carbocycles. The summed E-state index contributed by atoms with van der Waals surface area (Å²) >= 11 is 0. The summed E-state index contributed by atoms with van der Waals surface area (Å²) in [5.41, 5.74) is -3.25. The van der Waals surface area contributed by atoms with Crippen LogP contribution in [-0.2, 0) is 38.0 Å². The highest BCUT2D eigenvalue weighted by atomic mass is 16.7. The first-order valence-corrected chi connectivity index (χ1v) is 13.9. The minimum atomic E-state index is -0.776. The maximum absolute atomic E-state index is 13.4. The highest BCUT2D eigenvalue weighted by Gasteiger charge is 2.73. The van der Waals surface area contributed by atoms with Crippen molar-refractivity contribution >= 4 is 5.97 Å². The molecule has 4 rings (SSSR count). The first kappa shape index (κ1) is 29.8. The Balaban J connectivity index is 2.05. The maximum Gasteiger partial charge on any atom is 0.312 e. The third kappa shape index (κ3) is 6.44. The normalized spacial score (nSPS) is 36.0. The summed E-state index contributed by atoms with van der Waals surface area (Å²) in [7, 11) is 0. The van der Waals surface area contributed by atoms with E-state index >= 15 is 0 Å². The molecule has 0 aromatic heterocycles. The molecule has 0 heterocycles. The van der Waals surface area contributed by atoms with Gasteiger partial charge in [-0.25, -0.2) is 0 Å². The second-order valence-corrected chi connectivity index (χ2v) is 11.8. The molecule has 0 aliphatic heterocycles. The van der Waals surface area contributed by atoms with Crippen LogP contribution in [0.1, 0.15) is 107 Å². The summed E-state index contributed by atoms with van der Waals surface area (Å²) in [4.78, 5) is 13.4. The predicted molar refractivity (Wildman–Crippen MR) is 135 cm³/mol. The molecule has 0 saturated heterocycles. The Hall–Kier alpha value is -0.770. The monoisotopic (exact) mass is 514 g/mol. The highest BCUT2D eigenvalue weighted by Crippen LogP contribution is 2.66. The molecular formula is C28H50O8. The van der Waals surface area contributed by atoms with Gasteiger partial charge in [0.15, 0.2) is 18.9 Å². The standard InChI is InChI=1S/C28H50O8/c1-10-24(8,9)23(29)36-28-17-25(33-20(5)30-11-2)14-26(18-28,34-21(6)31-12-3)16-27(15-25,19-28)35-22(7)32-13-4/h20-22H,10-19H2,1-9H3. The second kappa shape index (κ2) is 11.1. The molecule has 0 aromatic carbocycles. The van der Waals surface area contributed by atoms with Crippen LogP contribution in [0.4, 0.5) is 0 Å². The van der Waals surface area contributed by atoms with Crippen LogP contribution in [0.25, 0.3) is 0 Å². The van der Waals surface area contributed by atoms with Gasteiger partial charge >= 0.3 is 5.97 Å². The van der Waals surface area contributed by atoms with Crippen molar-refractivity contribution in [2.75, 3.05) is 19.8 Å². The van der Waals surface area contributed by atoms with E-state index in [0.29, 0.717) is 64.8 Å². The van der Waals surface area contributed by atoms with Gasteiger partial charge < -0.3 is 33.2 Å². The number of carbonyl (C=O) groups excluding carboxylic acids is 1. The van der Waals surface area contributed by atoms with E-state index in [1.165, 1.54) is 0 Å². The molecule has 4 bridgehead atoms. The lowest BCUT2D eigenvalue weighted by molar-refractivity contribution is -0.376. The number of rotatable bonds is 15. The third-order valence-electron chi connectivity index (χ3n) is 8.06. The summed E-state index contributed by atoms with van der Waals surface area (Å²) < 4.78 is 44.0. The van der Waals surface area contributed by atoms with Crippen molar-refractivity contribution < 1.29 is 38.0 Å². The van der Waals surface area contributed by atoms with Crippen LogP contribution in [0.5, 0.6) is 0 Å². The minimum Gasteiger partial charge on any atom is -0.458 e. The Bertz CT molecular complexity index is 670. The molecule has 8 nitrogen and oxygen atoms in total. The van der Waals surface area contributed by atoms with Crippen molar-refractivity contribution in [2.24, 2.45) is 5.41 Å². The predicted octanol–water partition coefficient (Wildman–Crippen LogP) is 5.50. The van der Waals surface area contributed by atoms with Gasteiger partial charge in [-0.3, -0.25) is 4.79 Å². The zero-order valence-electron chi connectivity index (χ0n) is 24.1. The van der Waals surface area contributed by atoms with Gasteiger partial charge in [0.2, 0.25) is 0 Å². The van der Waals surface area contributed by atoms with Gasteiger partial charge in [0.25, 0.3) is 0 Å². The van der Waals surface area contributed by atoms with E-state index in [0.717, 1.165) is 0 Å². The molecule has 8 heteroatoms. The molecule has 0 radical (unpaired) electrons. The van der Waals surface area contributed by atoms with Gasteiger partial charge in [-0.05, 0) is 61.8 Å². The van der Waals surface area contributed by atoms with E-state index in [-0.39, 0.29) is 5.97 Å². The van der Waals surface area contributed by atoms with Crippen LogP contribution >= 0.6 is 0 Å². The van der Waals surface area contributed by atoms with Gasteiger partial charge in [-0.1, -0.05) is 6.92 Å². The Morgan fingerprint density at radius 3 is 1.22 bits per heavy atom. The molecule has 4 aliphatic carbocycles. The molecule has 0 N–H and O–H groups in total. The Morgan fingerprint density at radius 2 is 0.944 bits per heavy atom. The fourth-order valence-corrected chi connectivity index (χ4v) is 7.10. The Kier molecular flexibility index (Phi) is 9.22. The van der Waals surface area contributed by atoms with E-state index in [1.54, 1.807) is 0 Å². The van der Waals surface area contributed by atoms with Crippen molar-refractivity contribution in [3.8, 4) is 0 Å². The largest absolute Gasteiger partial charge is 0.458 e. The molecule has 36 heavy (non-hydrogen) atoms. The van der Waals surface area contributed by atoms with Crippen molar-refractivity contribution in [2.45, 2.75) is 149 Å². The summed E-state index contributed by atoms with van der Waals surface area (Å²) in [5, 5.41) is 0. The SMILES string of the molecule is CCOC(C)OC12CC3(OC(=O)C(C)(C)CC)CC(OC(C)OCC)(C1)CC(OC(C)OCC)(C3)C2. The topological polar surface area (TPSA) is 81.7 Å². The smallest absolute Gasteiger partial charge is 0.312 e. The minimum absolute atomic E-state index is 0.194. The number of carbonyl (C=O) groups is 1. The molecule has 4 aliphatic rings. The molecule has 3 unspecified atom stereocenters. The zero-order chi connectivity index (χ0) is 26.8. The lowest BCUT2D eigenvalue weighted by atomic mass is 9.48. The van der Waals surface area contributed by atoms with Crippen LogP contribution in [0.15, 0.2) is 0 Å². The van der Waals surface area contributed by atoms with Gasteiger partial charge in [-0.15, -0.1) is 0 Å². The molecule has 210 valence electrons. The zero-order valence-corrected chi connectivity index (χ0v) is 24.1. The van der Waals surface area contributed by atoms with E-state index < -0.39 is 46.7 Å². The third-order valence-corrected chi connectivity index (χ3v) is 8.06. The van der Waals surface area contributed by atoms with E-state index in [9.17, 15) is 4.79 Å². The molecule has 0 aromatic rings. The number of hydrogen-bond acceptors (Lipinski definition) is 8. The van der Waals surface area contributed by atoms with Gasteiger partial charge in [0.05, 0.1) is 22.2 Å². The van der Waals surface area contributed by atoms with E-state index in [1.807, 2.05) is 62.3 Å². The van der Waals surface area contributed by atoms with Gasteiger partial charge in [0.1, 0.15) is 5.60 Å². The van der Waals surface area contributed by atoms with Crippen LogP contribution in [0, 0.1) is 5.41 Å². The van der Waals surface area contributed by atoms with Gasteiger partial charge in [-0.2, -0.15) is 0 Å². The summed E-state index contributed by atoms with van der Waals surface area (Å²) in [6, 6.07) is 0. The van der Waals surface area contributed by atoms with Gasteiger partial charge in [0, 0.05) is 58.3 Å². The van der Waals surface area contributed by atoms with Crippen molar-refractivity contribution in [1.29, 1.82) is 0 Å². The maximum atomic E-state index is 13.4. The van der Waals surface area contributed by atoms with Crippen molar-refractivity contribution in [1.82, 2.24) is 0 Å². The van der Waals surface area contributed by atoms with Crippen LogP contribution < -0.4 is 0 Å². The summed E-state index contributed by atoms with van der Waals surface area (Å²) in [5.74, 6) is -0.194. The molecule has 0 spiro atoms. The summed E-state index contributed by atoms with van der Waals surface area (Å²) in [6.07, 6.45) is 3.23. The average molecular weight is 515 g/mol. The highest BCUT2D eigenvalue weighted by molar-refractivity contribution is 5.76. The number of ether oxygens (including phenoxy) is 7. The van der Waals surface area contributed by atoms with Crippen LogP contribution in [0.3, 0.4) is 0 Å². The quantitative estimate of drug-likeness (QED) is 0.209. The number of hydrogen-bond donors (Lipinski definition) is 0. The van der Waals surface area contributed by atoms with Crippen molar-refractivity contribution in [3.05, 3.63) is 0 Å². The molecule has 4 fully saturated rings. The second-order valence-electron chi connectivity index (χ2n) is 11.8. The van der Waals surface area contributed by atoms with E-state index in [2.05, 4.69) is 0 Å². The lowest BCUT2D eigenvalue weighted by Gasteiger charge is -2.68. The fourth-order valence-electron chi connectivity index (χ4n) is 7.10. The van der Waals surface area contributed by atoms with Crippen LogP contribution in [-0.4, -0.2) is 67.1 Å². The van der Waals surface area contributed by atoms with E-state index in [4.69, 9.17) is 33.2 Å². The fraction of sp³-hybridized carbons (Fsp3) is 0.964. The lowest BCUT2D eigenvalue weighted by Crippen LogP contribution is -2.75. The Labute approximate surface area is 218 Å². The first-order valence-electron chi connectivity index (χ1n) is 13.9. The average Bonchev–Trinajstić information content (AvgIpc) is 2.71. The number of esters is 1. The van der Waals surface area contributed by atoms with Crippen LogP contribution in [0.2, 0.25) is 0 Å². The first-order chi connectivity index (χ1) is 16.8. The molecular weight excluding hydrogens is 464 g/mol.